The van der Waals surface area contributed by atoms with Crippen molar-refractivity contribution in [1.29, 1.82) is 0 Å². The third-order valence-electron chi connectivity index (χ3n) is 4.05. The Morgan fingerprint density at radius 3 is 2.81 bits per heavy atom. The lowest BCUT2D eigenvalue weighted by atomic mass is 10.1. The summed E-state index contributed by atoms with van der Waals surface area (Å²) in [5.41, 5.74) is 2.56. The summed E-state index contributed by atoms with van der Waals surface area (Å²) in [5, 5.41) is 6.20. The highest BCUT2D eigenvalue weighted by Gasteiger charge is 2.25. The Morgan fingerprint density at radius 1 is 1.14 bits per heavy atom. The van der Waals surface area contributed by atoms with E-state index in [2.05, 4.69) is 63.7 Å². The zero-order valence-electron chi connectivity index (χ0n) is 11.2. The molecule has 1 nitrogen and oxygen atoms in total. The van der Waals surface area contributed by atoms with Crippen molar-refractivity contribution in [3.63, 3.8) is 0 Å². The molecule has 3 aromatic rings. The second kappa shape index (κ2) is 5.31. The highest BCUT2D eigenvalue weighted by Crippen LogP contribution is 2.42. The Kier molecular flexibility index (Phi) is 3.44. The molecule has 0 amide bonds. The summed E-state index contributed by atoms with van der Waals surface area (Å²) < 4.78 is 2.03. The van der Waals surface area contributed by atoms with E-state index in [9.17, 15) is 0 Å². The molecule has 1 aliphatic rings. The minimum atomic E-state index is 0.369. The Labute approximate surface area is 141 Å². The van der Waals surface area contributed by atoms with Crippen molar-refractivity contribution in [2.45, 2.75) is 18.9 Å². The zero-order valence-corrected chi connectivity index (χ0v) is 14.4. The first kappa shape index (κ1) is 13.6. The molecule has 1 aromatic heterocycles. The summed E-state index contributed by atoms with van der Waals surface area (Å²) in [6.07, 6.45) is 2.27. The third kappa shape index (κ3) is 2.37. The molecule has 1 heterocycles. The van der Waals surface area contributed by atoms with Crippen LogP contribution in [-0.4, -0.2) is 0 Å². The van der Waals surface area contributed by atoms with Crippen LogP contribution in [0.2, 0.25) is 4.34 Å². The van der Waals surface area contributed by atoms with Gasteiger partial charge in [0.05, 0.1) is 10.4 Å². The van der Waals surface area contributed by atoms with Gasteiger partial charge < -0.3 is 5.32 Å². The maximum absolute atomic E-state index is 6.15. The molecule has 0 saturated carbocycles. The van der Waals surface area contributed by atoms with Crippen LogP contribution >= 0.6 is 38.9 Å². The van der Waals surface area contributed by atoms with Gasteiger partial charge in [0, 0.05) is 20.4 Å². The first-order chi connectivity index (χ1) is 10.2. The Balaban J connectivity index is 1.74. The van der Waals surface area contributed by atoms with Crippen LogP contribution in [0.3, 0.4) is 0 Å². The van der Waals surface area contributed by atoms with E-state index in [1.54, 1.807) is 11.3 Å². The number of rotatable bonds is 2. The van der Waals surface area contributed by atoms with E-state index in [0.717, 1.165) is 21.7 Å². The Morgan fingerprint density at radius 2 is 1.95 bits per heavy atom. The van der Waals surface area contributed by atoms with Crippen molar-refractivity contribution < 1.29 is 0 Å². The monoisotopic (exact) mass is 377 g/mol. The second-order valence-electron chi connectivity index (χ2n) is 5.31. The molecule has 0 aliphatic heterocycles. The van der Waals surface area contributed by atoms with Gasteiger partial charge in [-0.15, -0.1) is 11.3 Å². The molecule has 2 aromatic carbocycles. The lowest BCUT2D eigenvalue weighted by molar-refractivity contribution is 0.763. The molecule has 1 unspecified atom stereocenters. The summed E-state index contributed by atoms with van der Waals surface area (Å²) in [6.45, 7) is 0. The van der Waals surface area contributed by atoms with E-state index in [1.807, 2.05) is 0 Å². The second-order valence-corrected chi connectivity index (χ2v) is 7.93. The van der Waals surface area contributed by atoms with Gasteiger partial charge in [0.2, 0.25) is 0 Å². The highest BCUT2D eigenvalue weighted by molar-refractivity contribution is 9.10. The number of fused-ring (bicyclic) bond motifs is 2. The molecule has 0 saturated heterocycles. The van der Waals surface area contributed by atoms with Crippen molar-refractivity contribution in [1.82, 2.24) is 0 Å². The van der Waals surface area contributed by atoms with Gasteiger partial charge in [0.15, 0.2) is 0 Å². The molecule has 0 fully saturated rings. The fourth-order valence-electron chi connectivity index (χ4n) is 3.06. The van der Waals surface area contributed by atoms with Gasteiger partial charge in [0.1, 0.15) is 0 Å². The smallest absolute Gasteiger partial charge is 0.0934 e. The van der Waals surface area contributed by atoms with Crippen LogP contribution < -0.4 is 5.32 Å². The van der Waals surface area contributed by atoms with Gasteiger partial charge in [-0.25, -0.2) is 0 Å². The van der Waals surface area contributed by atoms with Crippen LogP contribution in [0.15, 0.2) is 46.9 Å². The molecular weight excluding hydrogens is 366 g/mol. The molecule has 21 heavy (non-hydrogen) atoms. The number of benzene rings is 2. The zero-order chi connectivity index (χ0) is 14.4. The summed E-state index contributed by atoms with van der Waals surface area (Å²) in [5.74, 6) is 0. The molecule has 0 bridgehead atoms. The number of hydrogen-bond donors (Lipinski definition) is 1. The van der Waals surface area contributed by atoms with Crippen LogP contribution in [0.25, 0.3) is 10.8 Å². The summed E-state index contributed by atoms with van der Waals surface area (Å²) >= 11 is 11.5. The maximum Gasteiger partial charge on any atom is 0.0934 e. The maximum atomic E-state index is 6.15. The van der Waals surface area contributed by atoms with E-state index < -0.39 is 0 Å². The van der Waals surface area contributed by atoms with Gasteiger partial charge in [-0.2, -0.15) is 0 Å². The molecule has 106 valence electrons. The van der Waals surface area contributed by atoms with Crippen LogP contribution in [0, 0.1) is 0 Å². The fourth-order valence-corrected chi connectivity index (χ4v) is 4.89. The SMILES string of the molecule is Clc1cc2c(s1)CCC2Nc1ccc(Br)c2ccccc12. The minimum absolute atomic E-state index is 0.369. The lowest BCUT2D eigenvalue weighted by Gasteiger charge is -2.17. The van der Waals surface area contributed by atoms with Crippen molar-refractivity contribution in [3.05, 3.63) is 61.7 Å². The van der Waals surface area contributed by atoms with E-state index in [-0.39, 0.29) is 0 Å². The van der Waals surface area contributed by atoms with Crippen LogP contribution in [0.5, 0.6) is 0 Å². The average molecular weight is 379 g/mol. The molecule has 1 N–H and O–H groups in total. The van der Waals surface area contributed by atoms with E-state index in [0.29, 0.717) is 6.04 Å². The highest BCUT2D eigenvalue weighted by atomic mass is 79.9. The average Bonchev–Trinajstić information content (AvgIpc) is 3.02. The molecule has 4 rings (SSSR count). The third-order valence-corrected chi connectivity index (χ3v) is 6.08. The largest absolute Gasteiger partial charge is 0.378 e. The van der Waals surface area contributed by atoms with Gasteiger partial charge in [0.25, 0.3) is 0 Å². The summed E-state index contributed by atoms with van der Waals surface area (Å²) in [4.78, 5) is 1.43. The van der Waals surface area contributed by atoms with E-state index >= 15 is 0 Å². The van der Waals surface area contributed by atoms with Gasteiger partial charge in [-0.05, 0) is 42.0 Å². The minimum Gasteiger partial charge on any atom is -0.378 e. The number of thiophene rings is 1. The first-order valence-corrected chi connectivity index (χ1v) is 8.93. The molecule has 4 heteroatoms. The van der Waals surface area contributed by atoms with Crippen LogP contribution in [0.4, 0.5) is 5.69 Å². The van der Waals surface area contributed by atoms with E-state index in [4.69, 9.17) is 11.6 Å². The van der Waals surface area contributed by atoms with Gasteiger partial charge in [-0.3, -0.25) is 0 Å². The van der Waals surface area contributed by atoms with Crippen molar-refractivity contribution in [2.75, 3.05) is 5.32 Å². The first-order valence-electron chi connectivity index (χ1n) is 6.94. The predicted octanol–water partition coefficient (Wildman–Crippen LogP) is 6.42. The quantitative estimate of drug-likeness (QED) is 0.543. The molecule has 1 aliphatic carbocycles. The van der Waals surface area contributed by atoms with Gasteiger partial charge >= 0.3 is 0 Å². The molecule has 0 radical (unpaired) electrons. The molecule has 0 spiro atoms. The predicted molar refractivity (Wildman–Crippen MR) is 95.7 cm³/mol. The number of anilines is 1. The number of aryl methyl sites for hydroxylation is 1. The van der Waals surface area contributed by atoms with Crippen molar-refractivity contribution in [2.24, 2.45) is 0 Å². The van der Waals surface area contributed by atoms with Crippen LogP contribution in [-0.2, 0) is 6.42 Å². The summed E-state index contributed by atoms with van der Waals surface area (Å²) in [7, 11) is 0. The Hall–Kier alpha value is -1.03. The topological polar surface area (TPSA) is 12.0 Å². The van der Waals surface area contributed by atoms with Crippen molar-refractivity contribution >= 4 is 55.3 Å². The number of halogens is 2. The number of nitrogens with one attached hydrogen (secondary N) is 1. The summed E-state index contributed by atoms with van der Waals surface area (Å²) in [6, 6.07) is 15.2. The lowest BCUT2D eigenvalue weighted by Crippen LogP contribution is -2.06. The van der Waals surface area contributed by atoms with E-state index in [1.165, 1.54) is 26.9 Å². The fraction of sp³-hybridized carbons (Fsp3) is 0.176. The molecule has 1 atom stereocenters. The number of hydrogen-bond acceptors (Lipinski definition) is 2. The van der Waals surface area contributed by atoms with Gasteiger partial charge in [-0.1, -0.05) is 51.8 Å². The van der Waals surface area contributed by atoms with Crippen LogP contribution in [0.1, 0.15) is 22.9 Å². The normalized spacial score (nSPS) is 17.1. The van der Waals surface area contributed by atoms with Crippen molar-refractivity contribution in [3.8, 4) is 0 Å². The standard InChI is InChI=1S/C17H13BrClNS/c18-13-5-6-14(11-4-2-1-3-10(11)13)20-15-7-8-16-12(15)9-17(19)21-16/h1-6,9,15,20H,7-8H2. The molecular formula is C17H13BrClNS. The Bertz CT molecular complexity index is 827.